The Morgan fingerprint density at radius 3 is 2.22 bits per heavy atom. The summed E-state index contributed by atoms with van der Waals surface area (Å²) >= 11 is 6.38. The van der Waals surface area contributed by atoms with E-state index in [1.807, 2.05) is 0 Å². The van der Waals surface area contributed by atoms with Gasteiger partial charge in [0.1, 0.15) is 34.2 Å². The summed E-state index contributed by atoms with van der Waals surface area (Å²) in [5.74, 6) is 3.32. The average molecular weight is 726 g/mol. The third-order valence-electron chi connectivity index (χ3n) is 7.22. The number of benzene rings is 2. The first kappa shape index (κ1) is 37.4. The van der Waals surface area contributed by atoms with E-state index in [-0.39, 0.29) is 56.2 Å². The van der Waals surface area contributed by atoms with Crippen LogP contribution in [0.15, 0.2) is 42.5 Å². The molecular weight excluding hydrogens is 693 g/mol. The molecule has 262 valence electrons. The molecule has 2 aromatic heterocycles. The summed E-state index contributed by atoms with van der Waals surface area (Å²) in [6, 6.07) is 7.21. The first-order chi connectivity index (χ1) is 22.4. The maximum atomic E-state index is 14.3. The second kappa shape index (κ2) is 13.5. The minimum Gasteiger partial charge on any atom is -0.444 e. The molecule has 4 rings (SSSR count). The predicted octanol–water partition coefficient (Wildman–Crippen LogP) is 7.16. The van der Waals surface area contributed by atoms with Crippen LogP contribution in [0.4, 0.5) is 32.6 Å². The summed E-state index contributed by atoms with van der Waals surface area (Å²) in [4.78, 5) is 17.8. The lowest BCUT2D eigenvalue weighted by molar-refractivity contribution is -0.141. The van der Waals surface area contributed by atoms with Gasteiger partial charge in [0.05, 0.1) is 27.7 Å². The topological polar surface area (TPSA) is 129 Å². The van der Waals surface area contributed by atoms with Crippen LogP contribution in [0.25, 0.3) is 22.0 Å². The van der Waals surface area contributed by atoms with Crippen molar-refractivity contribution in [1.29, 1.82) is 0 Å². The lowest BCUT2D eigenvalue weighted by Gasteiger charge is -2.25. The molecule has 0 spiro atoms. The number of amides is 1. The Bertz CT molecular complexity index is 2080. The lowest BCUT2D eigenvalue weighted by atomic mass is 9.93. The van der Waals surface area contributed by atoms with Crippen LogP contribution in [0, 0.1) is 23.5 Å². The molecule has 2 heterocycles. The van der Waals surface area contributed by atoms with Gasteiger partial charge in [-0.1, -0.05) is 23.6 Å². The predicted molar refractivity (Wildman–Crippen MR) is 176 cm³/mol. The van der Waals surface area contributed by atoms with E-state index in [0.29, 0.717) is 10.7 Å². The van der Waals surface area contributed by atoms with Crippen molar-refractivity contribution in [3.63, 3.8) is 0 Å². The van der Waals surface area contributed by atoms with Crippen molar-refractivity contribution in [1.82, 2.24) is 20.1 Å². The van der Waals surface area contributed by atoms with Crippen molar-refractivity contribution in [3.8, 4) is 23.0 Å². The Kier molecular flexibility index (Phi) is 10.3. The van der Waals surface area contributed by atoms with E-state index in [1.165, 1.54) is 38.1 Å². The molecule has 0 unspecified atom stereocenters. The Balaban J connectivity index is 2.05. The number of alkyl halides is 3. The Labute approximate surface area is 284 Å². The van der Waals surface area contributed by atoms with Crippen LogP contribution in [0.2, 0.25) is 5.02 Å². The molecule has 0 saturated carbocycles. The number of hydrogen-bond donors (Lipinski definition) is 2. The molecule has 0 radical (unpaired) electrons. The number of ether oxygens (including phenoxy) is 1. The number of anilines is 1. The maximum Gasteiger partial charge on any atom is 0.408 e. The molecule has 3 N–H and O–H groups in total. The number of sulfone groups is 1. The van der Waals surface area contributed by atoms with Crippen molar-refractivity contribution in [2.75, 3.05) is 12.0 Å². The van der Waals surface area contributed by atoms with Crippen LogP contribution >= 0.6 is 11.6 Å². The highest BCUT2D eigenvalue weighted by molar-refractivity contribution is 7.92. The molecule has 1 atom stereocenters. The first-order valence-corrected chi connectivity index (χ1v) is 16.9. The smallest absolute Gasteiger partial charge is 0.408 e. The fraction of sp³-hybridized carbons (Fsp3) is 0.364. The van der Waals surface area contributed by atoms with Gasteiger partial charge in [-0.2, -0.15) is 18.3 Å². The molecule has 4 aromatic rings. The molecule has 0 bridgehead atoms. The Hall–Kier alpha value is -4.42. The van der Waals surface area contributed by atoms with E-state index in [0.717, 1.165) is 18.4 Å². The van der Waals surface area contributed by atoms with Crippen molar-refractivity contribution in [2.24, 2.45) is 0 Å². The zero-order chi connectivity index (χ0) is 36.7. The summed E-state index contributed by atoms with van der Waals surface area (Å²) in [6.45, 7) is 6.11. The van der Waals surface area contributed by atoms with Crippen LogP contribution < -0.4 is 11.1 Å². The molecule has 0 fully saturated rings. The summed E-state index contributed by atoms with van der Waals surface area (Å²) in [7, 11) is -3.65. The number of alkyl carbamates (subject to hydrolysis) is 1. The lowest BCUT2D eigenvalue weighted by Crippen LogP contribution is -2.36. The number of nitrogens with two attached hydrogens (primary N) is 1. The number of nitrogens with zero attached hydrogens (tertiary/aromatic N) is 3. The van der Waals surface area contributed by atoms with Gasteiger partial charge in [0, 0.05) is 23.4 Å². The van der Waals surface area contributed by atoms with Crippen LogP contribution in [0.5, 0.6) is 0 Å². The number of halogens is 6. The third-order valence-corrected chi connectivity index (χ3v) is 9.49. The summed E-state index contributed by atoms with van der Waals surface area (Å²) < 4.78 is 99.0. The van der Waals surface area contributed by atoms with Gasteiger partial charge in [0.2, 0.25) is 0 Å². The monoisotopic (exact) mass is 725 g/mol. The van der Waals surface area contributed by atoms with E-state index >= 15 is 0 Å². The van der Waals surface area contributed by atoms with Crippen molar-refractivity contribution in [3.05, 3.63) is 76.1 Å². The van der Waals surface area contributed by atoms with E-state index in [9.17, 15) is 35.2 Å². The molecule has 0 aliphatic rings. The largest absolute Gasteiger partial charge is 0.444 e. The van der Waals surface area contributed by atoms with Gasteiger partial charge in [-0.15, -0.1) is 0 Å². The highest BCUT2D eigenvalue weighted by Crippen LogP contribution is 2.40. The number of carbonyl (C=O) groups is 1. The van der Waals surface area contributed by atoms with Gasteiger partial charge in [-0.05, 0) is 82.9 Å². The zero-order valence-electron chi connectivity index (χ0n) is 27.3. The quantitative estimate of drug-likeness (QED) is 0.153. The van der Waals surface area contributed by atoms with Gasteiger partial charge < -0.3 is 15.8 Å². The second-order valence-electron chi connectivity index (χ2n) is 12.8. The van der Waals surface area contributed by atoms with E-state index in [4.69, 9.17) is 22.1 Å². The third kappa shape index (κ3) is 9.18. The van der Waals surface area contributed by atoms with Crippen molar-refractivity contribution < 1.29 is 39.9 Å². The van der Waals surface area contributed by atoms with Gasteiger partial charge in [-0.25, -0.2) is 27.0 Å². The molecule has 2 aromatic carbocycles. The number of nitrogen functional groups attached to an aromatic ring is 1. The van der Waals surface area contributed by atoms with Crippen molar-refractivity contribution in [2.45, 2.75) is 70.2 Å². The Morgan fingerprint density at radius 2 is 1.65 bits per heavy atom. The SMILES string of the molecule is CC(C)(C)OC(=O)N[C@@H](Cc1cc(F)cc(F)c1)c1nc(C#CC(C)(C)S(C)(=O)=O)ccc1-c1ccc(Cl)c2c(N)nn(CC(F)(F)F)c12. The summed E-state index contributed by atoms with van der Waals surface area (Å²) in [6.07, 6.45) is -4.91. The van der Waals surface area contributed by atoms with Gasteiger partial charge in [-0.3, -0.25) is 4.68 Å². The fourth-order valence-corrected chi connectivity index (χ4v) is 5.27. The summed E-state index contributed by atoms with van der Waals surface area (Å²) in [5.41, 5.74) is 5.32. The van der Waals surface area contributed by atoms with Crippen LogP contribution in [0.3, 0.4) is 0 Å². The molecule has 49 heavy (non-hydrogen) atoms. The molecule has 0 aliphatic carbocycles. The van der Waals surface area contributed by atoms with E-state index in [1.54, 1.807) is 20.8 Å². The van der Waals surface area contributed by atoms with Crippen LogP contribution in [-0.4, -0.2) is 52.1 Å². The number of aromatic nitrogens is 3. The molecule has 0 aliphatic heterocycles. The minimum atomic E-state index is -4.71. The molecule has 1 amide bonds. The first-order valence-electron chi connectivity index (χ1n) is 14.6. The number of hydrogen-bond acceptors (Lipinski definition) is 7. The van der Waals surface area contributed by atoms with Gasteiger partial charge in [0.25, 0.3) is 0 Å². The van der Waals surface area contributed by atoms with Crippen LogP contribution in [-0.2, 0) is 27.5 Å². The van der Waals surface area contributed by atoms with Gasteiger partial charge in [0.15, 0.2) is 15.7 Å². The standard InChI is InChI=1S/C33H33ClF5N5O4S/c1-31(2,3)48-30(45)42-25(15-18-13-19(35)16-20(36)14-18)27-22(8-7-21(41-27)11-12-32(4,5)49(6,46)47)23-9-10-24(34)26-28(23)44(43-29(26)40)17-33(37,38)39/h7-10,13-14,16,25H,15,17H2,1-6H3,(H2,40,43)(H,42,45)/t25-/m0/s1. The zero-order valence-corrected chi connectivity index (χ0v) is 28.8. The van der Waals surface area contributed by atoms with E-state index < -0.39 is 56.7 Å². The second-order valence-corrected chi connectivity index (χ2v) is 15.8. The number of pyridine rings is 1. The molecular formula is C33H33ClF5N5O4S. The van der Waals surface area contributed by atoms with Gasteiger partial charge >= 0.3 is 12.3 Å². The molecule has 9 nitrogen and oxygen atoms in total. The average Bonchev–Trinajstić information content (AvgIpc) is 3.24. The number of fused-ring (bicyclic) bond motifs is 1. The minimum absolute atomic E-state index is 0.0126. The molecule has 0 saturated heterocycles. The number of nitrogens with one attached hydrogen (secondary N) is 1. The molecule has 16 heteroatoms. The normalized spacial score (nSPS) is 13.1. The van der Waals surface area contributed by atoms with Crippen molar-refractivity contribution >= 4 is 44.3 Å². The highest BCUT2D eigenvalue weighted by Gasteiger charge is 2.32. The fourth-order valence-electron chi connectivity index (χ4n) is 4.79. The number of carbonyl (C=O) groups excluding carboxylic acids is 1. The summed E-state index contributed by atoms with van der Waals surface area (Å²) in [5, 5.41) is 6.59. The Morgan fingerprint density at radius 1 is 1.04 bits per heavy atom. The van der Waals surface area contributed by atoms with Crippen LogP contribution in [0.1, 0.15) is 57.6 Å². The van der Waals surface area contributed by atoms with E-state index in [2.05, 4.69) is 27.2 Å². The number of rotatable bonds is 7. The highest BCUT2D eigenvalue weighted by atomic mass is 35.5. The maximum absolute atomic E-state index is 14.3.